The number of fused-ring (bicyclic) bond motifs is 1. The van der Waals surface area contributed by atoms with Crippen LogP contribution in [-0.2, 0) is 9.59 Å². The van der Waals surface area contributed by atoms with Crippen LogP contribution in [0.25, 0.3) is 11.6 Å². The van der Waals surface area contributed by atoms with Gasteiger partial charge in [-0.2, -0.15) is 0 Å². The number of anilines is 2. The van der Waals surface area contributed by atoms with Gasteiger partial charge in [0.05, 0.1) is 10.4 Å². The Morgan fingerprint density at radius 1 is 1.06 bits per heavy atom. The predicted molar refractivity (Wildman–Crippen MR) is 140 cm³/mol. The largest absolute Gasteiger partial charge is 0.366 e. The summed E-state index contributed by atoms with van der Waals surface area (Å²) in [5.41, 5.74) is 6.96. The molecule has 2 aliphatic rings. The minimum Gasteiger partial charge on any atom is -0.366 e. The number of aryl methyl sites for hydroxylation is 2. The monoisotopic (exact) mass is 475 g/mol. The van der Waals surface area contributed by atoms with Crippen molar-refractivity contribution >= 4 is 51.8 Å². The van der Waals surface area contributed by atoms with Gasteiger partial charge in [-0.25, -0.2) is 0 Å². The number of hydrogen-bond acceptors (Lipinski definition) is 5. The first-order valence-electron chi connectivity index (χ1n) is 11.2. The topological polar surface area (TPSA) is 69.7 Å². The second-order valence-electron chi connectivity index (χ2n) is 9.43. The maximum atomic E-state index is 12.9. The molecule has 1 N–H and O–H groups in total. The summed E-state index contributed by atoms with van der Waals surface area (Å²) >= 11 is 0.861. The normalized spacial score (nSPS) is 18.3. The van der Waals surface area contributed by atoms with E-state index in [4.69, 9.17) is 0 Å². The maximum Gasteiger partial charge on any atom is 0.294 e. The molecule has 0 aliphatic carbocycles. The summed E-state index contributed by atoms with van der Waals surface area (Å²) in [5.74, 6) is -0.861. The number of amides is 3. The van der Waals surface area contributed by atoms with E-state index in [1.807, 2.05) is 44.2 Å². The second kappa shape index (κ2) is 8.80. The summed E-state index contributed by atoms with van der Waals surface area (Å²) in [6, 6.07) is 11.6. The zero-order valence-electron chi connectivity index (χ0n) is 20.4. The molecule has 176 valence electrons. The van der Waals surface area contributed by atoms with Crippen LogP contribution in [0.2, 0.25) is 0 Å². The fourth-order valence-electron chi connectivity index (χ4n) is 4.22. The smallest absolute Gasteiger partial charge is 0.294 e. The quantitative estimate of drug-likeness (QED) is 0.582. The van der Waals surface area contributed by atoms with Crippen molar-refractivity contribution in [3.63, 3.8) is 0 Å². The summed E-state index contributed by atoms with van der Waals surface area (Å²) in [6.07, 6.45) is 3.95. The number of nitrogens with one attached hydrogen (secondary N) is 1. The van der Waals surface area contributed by atoms with Crippen LogP contribution >= 0.6 is 11.8 Å². The van der Waals surface area contributed by atoms with Crippen molar-refractivity contribution in [3.05, 3.63) is 69.6 Å². The summed E-state index contributed by atoms with van der Waals surface area (Å²) in [7, 11) is 2.07. The Balaban J connectivity index is 1.50. The Kier molecular flexibility index (Phi) is 6.16. The molecule has 1 saturated heterocycles. The molecule has 0 aromatic heterocycles. The lowest BCUT2D eigenvalue weighted by atomic mass is 9.88. The fourth-order valence-corrected chi connectivity index (χ4v) is 5.06. The number of benzene rings is 2. The van der Waals surface area contributed by atoms with Gasteiger partial charge in [-0.15, -0.1) is 0 Å². The summed E-state index contributed by atoms with van der Waals surface area (Å²) < 4.78 is 0. The zero-order chi connectivity index (χ0) is 24.8. The first-order valence-corrected chi connectivity index (χ1v) is 12.0. The minimum atomic E-state index is -0.450. The van der Waals surface area contributed by atoms with E-state index in [9.17, 15) is 14.4 Å². The molecule has 0 atom stereocenters. The van der Waals surface area contributed by atoms with Gasteiger partial charge in [0.15, 0.2) is 0 Å². The van der Waals surface area contributed by atoms with E-state index in [-0.39, 0.29) is 12.1 Å². The molecule has 0 unspecified atom stereocenters. The number of nitrogens with zero attached hydrogens (tertiary/aromatic N) is 2. The Morgan fingerprint density at radius 3 is 2.50 bits per heavy atom. The molecule has 34 heavy (non-hydrogen) atoms. The van der Waals surface area contributed by atoms with Crippen LogP contribution in [0.15, 0.2) is 47.4 Å². The third-order valence-corrected chi connectivity index (χ3v) is 7.41. The average molecular weight is 476 g/mol. The lowest BCUT2D eigenvalue weighted by molar-refractivity contribution is -0.127. The van der Waals surface area contributed by atoms with E-state index >= 15 is 0 Å². The Bertz CT molecular complexity index is 1280. The highest BCUT2D eigenvalue weighted by Crippen LogP contribution is 2.39. The number of carbonyl (C=O) groups excluding carboxylic acids is 3. The van der Waals surface area contributed by atoms with Crippen molar-refractivity contribution in [2.24, 2.45) is 0 Å². The number of likely N-dealkylation sites (N-methyl/N-ethyl adjacent to an activating group) is 1. The lowest BCUT2D eigenvalue weighted by Crippen LogP contribution is -2.42. The van der Waals surface area contributed by atoms with Crippen molar-refractivity contribution in [1.29, 1.82) is 0 Å². The molecule has 0 saturated carbocycles. The van der Waals surface area contributed by atoms with Crippen LogP contribution in [0.1, 0.15) is 43.0 Å². The molecule has 0 spiro atoms. The fraction of sp³-hybridized carbons (Fsp3) is 0.296. The van der Waals surface area contributed by atoms with E-state index < -0.39 is 17.1 Å². The number of rotatable bonds is 4. The van der Waals surface area contributed by atoms with Gasteiger partial charge in [0.1, 0.15) is 6.54 Å². The van der Waals surface area contributed by atoms with Crippen molar-refractivity contribution in [2.45, 2.75) is 40.2 Å². The molecule has 2 aromatic carbocycles. The average Bonchev–Trinajstić information content (AvgIpc) is 3.02. The van der Waals surface area contributed by atoms with Crippen LogP contribution in [0.3, 0.4) is 0 Å². The minimum absolute atomic E-state index is 0.0842. The lowest BCUT2D eigenvalue weighted by Gasteiger charge is -2.40. The van der Waals surface area contributed by atoms with Gasteiger partial charge in [0.25, 0.3) is 11.1 Å². The van der Waals surface area contributed by atoms with E-state index in [1.165, 1.54) is 5.57 Å². The third-order valence-electron chi connectivity index (χ3n) is 6.50. The molecule has 0 radical (unpaired) electrons. The van der Waals surface area contributed by atoms with Crippen molar-refractivity contribution in [1.82, 2.24) is 4.90 Å². The van der Waals surface area contributed by atoms with Gasteiger partial charge >= 0.3 is 0 Å². The van der Waals surface area contributed by atoms with E-state index in [1.54, 1.807) is 12.1 Å². The van der Waals surface area contributed by atoms with Crippen molar-refractivity contribution < 1.29 is 14.4 Å². The van der Waals surface area contributed by atoms with Crippen LogP contribution in [-0.4, -0.2) is 41.1 Å². The van der Waals surface area contributed by atoms with Crippen LogP contribution in [0.5, 0.6) is 0 Å². The molecule has 1 fully saturated rings. The summed E-state index contributed by atoms with van der Waals surface area (Å²) in [5, 5.41) is 2.32. The second-order valence-corrected chi connectivity index (χ2v) is 10.4. The molecule has 2 aromatic rings. The summed E-state index contributed by atoms with van der Waals surface area (Å²) in [4.78, 5) is 41.5. The Hall–Kier alpha value is -3.32. The van der Waals surface area contributed by atoms with Gasteiger partial charge in [-0.05, 0) is 99.0 Å². The Labute approximate surface area is 204 Å². The number of carbonyl (C=O) groups is 3. The molecule has 4 rings (SSSR count). The van der Waals surface area contributed by atoms with Crippen LogP contribution < -0.4 is 10.2 Å². The highest BCUT2D eigenvalue weighted by Gasteiger charge is 2.36. The molecule has 0 bridgehead atoms. The van der Waals surface area contributed by atoms with Crippen molar-refractivity contribution in [2.75, 3.05) is 23.8 Å². The standard InChI is InChI=1S/C27H29N3O3S/c1-16-7-9-20(11-17(16)2)28-24(31)15-30-25(32)23(34-26(30)33)13-19-8-10-22-21(12-19)18(3)14-27(4,5)29(22)6/h7-14H,15H2,1-6H3,(H,28,31)/b23-13-. The highest BCUT2D eigenvalue weighted by atomic mass is 32.2. The molecular weight excluding hydrogens is 446 g/mol. The molecular formula is C27H29N3O3S. The predicted octanol–water partition coefficient (Wildman–Crippen LogP) is 5.61. The number of allylic oxidation sites excluding steroid dienone is 1. The maximum absolute atomic E-state index is 12.9. The number of hydrogen-bond donors (Lipinski definition) is 1. The van der Waals surface area contributed by atoms with Gasteiger partial charge in [0, 0.05) is 24.0 Å². The molecule has 2 aliphatic heterocycles. The van der Waals surface area contributed by atoms with E-state index in [2.05, 4.69) is 44.1 Å². The van der Waals surface area contributed by atoms with E-state index in [0.717, 1.165) is 44.6 Å². The first-order chi connectivity index (χ1) is 16.0. The number of thioether (sulfide) groups is 1. The van der Waals surface area contributed by atoms with Crippen molar-refractivity contribution in [3.8, 4) is 0 Å². The SMILES string of the molecule is CC1=CC(C)(C)N(C)c2ccc(/C=C3\SC(=O)N(CC(=O)Nc4ccc(C)c(C)c4)C3=O)cc21. The van der Waals surface area contributed by atoms with Gasteiger partial charge in [-0.3, -0.25) is 19.3 Å². The first kappa shape index (κ1) is 23.8. The third kappa shape index (κ3) is 4.53. The molecule has 6 nitrogen and oxygen atoms in total. The molecule has 2 heterocycles. The number of imide groups is 1. The van der Waals surface area contributed by atoms with Gasteiger partial charge in [-0.1, -0.05) is 18.2 Å². The zero-order valence-corrected chi connectivity index (χ0v) is 21.2. The Morgan fingerprint density at radius 2 is 1.79 bits per heavy atom. The highest BCUT2D eigenvalue weighted by molar-refractivity contribution is 8.18. The van der Waals surface area contributed by atoms with E-state index in [0.29, 0.717) is 10.6 Å². The molecule has 7 heteroatoms. The summed E-state index contributed by atoms with van der Waals surface area (Å²) in [6.45, 7) is 10.1. The molecule has 3 amide bonds. The van der Waals surface area contributed by atoms with Gasteiger partial charge < -0.3 is 10.2 Å². The van der Waals surface area contributed by atoms with Crippen LogP contribution in [0.4, 0.5) is 16.2 Å². The van der Waals surface area contributed by atoms with Crippen LogP contribution in [0, 0.1) is 13.8 Å². The van der Waals surface area contributed by atoms with Gasteiger partial charge in [0.2, 0.25) is 5.91 Å².